The van der Waals surface area contributed by atoms with E-state index < -0.39 is 0 Å². The highest BCUT2D eigenvalue weighted by Crippen LogP contribution is 2.20. The van der Waals surface area contributed by atoms with Gasteiger partial charge in [-0.05, 0) is 20.0 Å². The lowest BCUT2D eigenvalue weighted by Gasteiger charge is -2.37. The summed E-state index contributed by atoms with van der Waals surface area (Å²) in [5, 5.41) is 4.10. The predicted octanol–water partition coefficient (Wildman–Crippen LogP) is 0.904. The lowest BCUT2D eigenvalue weighted by molar-refractivity contribution is 0.113. The van der Waals surface area contributed by atoms with Crippen molar-refractivity contribution in [3.8, 4) is 0 Å². The summed E-state index contributed by atoms with van der Waals surface area (Å²) >= 11 is 0. The van der Waals surface area contributed by atoms with Gasteiger partial charge in [0, 0.05) is 32.1 Å². The first-order valence-electron chi connectivity index (χ1n) is 7.48. The summed E-state index contributed by atoms with van der Waals surface area (Å²) in [5.41, 5.74) is 6.13. The maximum Gasteiger partial charge on any atom is 0.243 e. The molecule has 6 heteroatoms. The topological polar surface area (TPSA) is 71.4 Å². The highest BCUT2D eigenvalue weighted by Gasteiger charge is 2.25. The number of nitrogens with two attached hydrogens (primary N) is 1. The number of nitrogens with zero attached hydrogens (tertiary/aromatic N) is 4. The minimum absolute atomic E-state index is 0.159. The van der Waals surface area contributed by atoms with Crippen LogP contribution >= 0.6 is 0 Å². The fraction of sp³-hybridized carbons (Fsp3) is 0.857. The molecule has 0 bridgehead atoms. The van der Waals surface area contributed by atoms with E-state index in [1.165, 1.54) is 0 Å². The van der Waals surface area contributed by atoms with Gasteiger partial charge in [0.1, 0.15) is 0 Å². The summed E-state index contributed by atoms with van der Waals surface area (Å²) in [5.74, 6) is 1.69. The van der Waals surface area contributed by atoms with Crippen LogP contribution in [0, 0.1) is 5.92 Å². The molecular formula is C14H27N5O. The lowest BCUT2D eigenvalue weighted by atomic mass is 10.0. The first-order chi connectivity index (χ1) is 9.51. The molecule has 0 radical (unpaired) electrons. The Morgan fingerprint density at radius 3 is 2.85 bits per heavy atom. The Kier molecular flexibility index (Phi) is 5.12. The van der Waals surface area contributed by atoms with Crippen LogP contribution in [-0.2, 0) is 6.42 Å². The summed E-state index contributed by atoms with van der Waals surface area (Å²) in [4.78, 5) is 9.19. The fourth-order valence-electron chi connectivity index (χ4n) is 2.52. The van der Waals surface area contributed by atoms with Gasteiger partial charge >= 0.3 is 0 Å². The maximum absolute atomic E-state index is 6.13. The number of hydrogen-bond donors (Lipinski definition) is 1. The molecule has 1 unspecified atom stereocenters. The van der Waals surface area contributed by atoms with Crippen LogP contribution in [0.15, 0.2) is 4.52 Å². The van der Waals surface area contributed by atoms with Crippen molar-refractivity contribution in [1.82, 2.24) is 19.9 Å². The SMILES string of the molecule is CC[C@H](C)[C@H](N)c1nc(CC2CN(C)CCN2C)no1. The van der Waals surface area contributed by atoms with Crippen LogP contribution in [0.4, 0.5) is 0 Å². The minimum atomic E-state index is -0.159. The number of aromatic nitrogens is 2. The van der Waals surface area contributed by atoms with Gasteiger partial charge in [0.15, 0.2) is 5.82 Å². The first kappa shape index (κ1) is 15.4. The summed E-state index contributed by atoms with van der Waals surface area (Å²) in [6.45, 7) is 7.46. The Balaban J connectivity index is 1.98. The normalized spacial score (nSPS) is 24.8. The molecule has 1 fully saturated rings. The van der Waals surface area contributed by atoms with Crippen LogP contribution < -0.4 is 5.73 Å². The quantitative estimate of drug-likeness (QED) is 0.865. The Hall–Kier alpha value is -0.980. The number of hydrogen-bond acceptors (Lipinski definition) is 6. The second-order valence-corrected chi connectivity index (χ2v) is 6.06. The summed E-state index contributed by atoms with van der Waals surface area (Å²) in [6.07, 6.45) is 1.83. The summed E-state index contributed by atoms with van der Waals surface area (Å²) < 4.78 is 5.33. The molecule has 2 N–H and O–H groups in total. The molecule has 1 aromatic heterocycles. The van der Waals surface area contributed by atoms with Crippen molar-refractivity contribution in [2.24, 2.45) is 11.7 Å². The van der Waals surface area contributed by atoms with Gasteiger partial charge in [-0.25, -0.2) is 0 Å². The van der Waals surface area contributed by atoms with Crippen LogP contribution in [0.2, 0.25) is 0 Å². The van der Waals surface area contributed by atoms with Crippen molar-refractivity contribution in [3.63, 3.8) is 0 Å². The predicted molar refractivity (Wildman–Crippen MR) is 78.3 cm³/mol. The van der Waals surface area contributed by atoms with Gasteiger partial charge < -0.3 is 20.1 Å². The molecule has 114 valence electrons. The molecule has 1 aromatic rings. The van der Waals surface area contributed by atoms with Gasteiger partial charge in [0.05, 0.1) is 6.04 Å². The molecule has 1 aliphatic heterocycles. The van der Waals surface area contributed by atoms with E-state index in [9.17, 15) is 0 Å². The number of likely N-dealkylation sites (N-methyl/N-ethyl adjacent to an activating group) is 2. The average Bonchev–Trinajstić information content (AvgIpc) is 2.89. The van der Waals surface area contributed by atoms with E-state index in [4.69, 9.17) is 10.3 Å². The lowest BCUT2D eigenvalue weighted by Crippen LogP contribution is -2.50. The largest absolute Gasteiger partial charge is 0.338 e. The smallest absolute Gasteiger partial charge is 0.243 e. The van der Waals surface area contributed by atoms with Crippen molar-refractivity contribution in [3.05, 3.63) is 11.7 Å². The summed E-state index contributed by atoms with van der Waals surface area (Å²) in [7, 11) is 4.31. The standard InChI is InChI=1S/C14H27N5O/c1-5-10(2)13(15)14-16-12(17-20-14)8-11-9-18(3)6-7-19(11)4/h10-11,13H,5-9,15H2,1-4H3/t10-,11?,13-/m0/s1. The van der Waals surface area contributed by atoms with Crippen molar-refractivity contribution < 1.29 is 4.52 Å². The van der Waals surface area contributed by atoms with Gasteiger partial charge in [-0.1, -0.05) is 25.4 Å². The Morgan fingerprint density at radius 1 is 1.40 bits per heavy atom. The zero-order valence-corrected chi connectivity index (χ0v) is 13.0. The maximum atomic E-state index is 6.13. The van der Waals surface area contributed by atoms with Crippen molar-refractivity contribution in [2.75, 3.05) is 33.7 Å². The van der Waals surface area contributed by atoms with E-state index >= 15 is 0 Å². The van der Waals surface area contributed by atoms with Gasteiger partial charge in [-0.15, -0.1) is 0 Å². The third-order valence-electron chi connectivity index (χ3n) is 4.42. The van der Waals surface area contributed by atoms with Gasteiger partial charge in [-0.3, -0.25) is 0 Å². The number of piperazine rings is 1. The van der Waals surface area contributed by atoms with Crippen LogP contribution in [-0.4, -0.2) is 59.7 Å². The van der Waals surface area contributed by atoms with Crippen LogP contribution in [0.3, 0.4) is 0 Å². The molecule has 0 saturated carbocycles. The molecule has 6 nitrogen and oxygen atoms in total. The third kappa shape index (κ3) is 3.56. The van der Waals surface area contributed by atoms with Gasteiger partial charge in [0.25, 0.3) is 0 Å². The van der Waals surface area contributed by atoms with Crippen LogP contribution in [0.5, 0.6) is 0 Å². The second-order valence-electron chi connectivity index (χ2n) is 6.06. The molecule has 0 aliphatic carbocycles. The van der Waals surface area contributed by atoms with Gasteiger partial charge in [-0.2, -0.15) is 4.98 Å². The van der Waals surface area contributed by atoms with Crippen LogP contribution in [0.25, 0.3) is 0 Å². The zero-order valence-electron chi connectivity index (χ0n) is 13.0. The first-order valence-corrected chi connectivity index (χ1v) is 7.48. The van der Waals surface area contributed by atoms with Crippen molar-refractivity contribution in [2.45, 2.75) is 38.8 Å². The van der Waals surface area contributed by atoms with Crippen molar-refractivity contribution in [1.29, 1.82) is 0 Å². The van der Waals surface area contributed by atoms with Gasteiger partial charge in [0.2, 0.25) is 5.89 Å². The Labute approximate surface area is 121 Å². The molecule has 2 heterocycles. The molecule has 0 spiro atoms. The monoisotopic (exact) mass is 281 g/mol. The van der Waals surface area contributed by atoms with E-state index in [0.29, 0.717) is 17.9 Å². The molecule has 1 saturated heterocycles. The van der Waals surface area contributed by atoms with E-state index in [-0.39, 0.29) is 6.04 Å². The van der Waals surface area contributed by atoms with Crippen molar-refractivity contribution >= 4 is 0 Å². The van der Waals surface area contributed by atoms with E-state index in [2.05, 4.69) is 47.9 Å². The highest BCUT2D eigenvalue weighted by atomic mass is 16.5. The molecule has 0 aromatic carbocycles. The molecule has 0 amide bonds. The molecule has 3 atom stereocenters. The Bertz CT molecular complexity index is 421. The summed E-state index contributed by atoms with van der Waals surface area (Å²) in [6, 6.07) is 0.284. The molecule has 20 heavy (non-hydrogen) atoms. The zero-order chi connectivity index (χ0) is 14.7. The van der Waals surface area contributed by atoms with E-state index in [1.807, 2.05) is 0 Å². The molecule has 1 aliphatic rings. The Morgan fingerprint density at radius 2 is 2.15 bits per heavy atom. The van der Waals surface area contributed by atoms with E-state index in [0.717, 1.165) is 38.3 Å². The molecular weight excluding hydrogens is 254 g/mol. The van der Waals surface area contributed by atoms with E-state index in [1.54, 1.807) is 0 Å². The third-order valence-corrected chi connectivity index (χ3v) is 4.42. The fourth-order valence-corrected chi connectivity index (χ4v) is 2.52. The molecule has 2 rings (SSSR count). The van der Waals surface area contributed by atoms with Crippen LogP contribution in [0.1, 0.15) is 38.0 Å². The average molecular weight is 281 g/mol. The minimum Gasteiger partial charge on any atom is -0.338 e. The number of rotatable bonds is 5. The second kappa shape index (κ2) is 6.65. The highest BCUT2D eigenvalue weighted by molar-refractivity contribution is 4.97.